The highest BCUT2D eigenvalue weighted by atomic mass is 31.2. The minimum Gasteiger partial charge on any atom is -0.756 e. The van der Waals surface area contributed by atoms with Gasteiger partial charge in [0.2, 0.25) is 0 Å². The molecular formula is C26H52NO7P. The number of rotatable bonds is 24. The molecule has 2 unspecified atom stereocenters. The Labute approximate surface area is 214 Å². The molecule has 0 spiro atoms. The van der Waals surface area contributed by atoms with Crippen LogP contribution in [0.3, 0.4) is 0 Å². The van der Waals surface area contributed by atoms with E-state index < -0.39 is 19.9 Å². The third-order valence-corrected chi connectivity index (χ3v) is 6.33. The van der Waals surface area contributed by atoms with Crippen molar-refractivity contribution in [3.05, 3.63) is 12.2 Å². The Bertz CT molecular complexity index is 593. The number of phosphoric acid groups is 1. The minimum absolute atomic E-state index is 0.0227. The standard InChI is InChI=1S/C26H52NO7P/c1-6-7-8-9-10-11-12-13-14-15-16-17-18-19-21-31-23-26(34-25(2)28)24-33-35(29,30)32-22-20-27(3,4)5/h11-12,26H,6-10,13-24H2,1-5H3/b12-11+. The van der Waals surface area contributed by atoms with Gasteiger partial charge in [0.15, 0.2) is 0 Å². The molecule has 0 N–H and O–H groups in total. The van der Waals surface area contributed by atoms with Crippen LogP contribution in [0.25, 0.3) is 0 Å². The van der Waals surface area contributed by atoms with Gasteiger partial charge in [-0.1, -0.05) is 64.0 Å². The Balaban J connectivity index is 3.83. The molecule has 9 heteroatoms. The number of ether oxygens (including phenoxy) is 2. The molecule has 0 aromatic carbocycles. The molecule has 0 amide bonds. The fourth-order valence-corrected chi connectivity index (χ4v) is 4.03. The van der Waals surface area contributed by atoms with Gasteiger partial charge >= 0.3 is 5.97 Å². The van der Waals surface area contributed by atoms with Gasteiger partial charge in [0.05, 0.1) is 34.4 Å². The van der Waals surface area contributed by atoms with E-state index in [9.17, 15) is 14.3 Å². The highest BCUT2D eigenvalue weighted by Crippen LogP contribution is 2.38. The Morgan fingerprint density at radius 2 is 1.43 bits per heavy atom. The van der Waals surface area contributed by atoms with E-state index in [1.807, 2.05) is 21.1 Å². The smallest absolute Gasteiger partial charge is 0.303 e. The third-order valence-electron chi connectivity index (χ3n) is 5.37. The highest BCUT2D eigenvalue weighted by molar-refractivity contribution is 7.45. The van der Waals surface area contributed by atoms with Gasteiger partial charge in [-0.05, 0) is 32.1 Å². The van der Waals surface area contributed by atoms with Crippen molar-refractivity contribution >= 4 is 13.8 Å². The molecule has 2 atom stereocenters. The number of nitrogens with zero attached hydrogens (tertiary/aromatic N) is 1. The van der Waals surface area contributed by atoms with Crippen molar-refractivity contribution in [2.45, 2.75) is 97.0 Å². The first-order valence-electron chi connectivity index (χ1n) is 13.4. The number of esters is 1. The molecule has 208 valence electrons. The monoisotopic (exact) mass is 521 g/mol. The van der Waals surface area contributed by atoms with Crippen LogP contribution in [0.15, 0.2) is 12.2 Å². The van der Waals surface area contributed by atoms with E-state index in [2.05, 4.69) is 19.1 Å². The normalized spacial score (nSPS) is 14.8. The fourth-order valence-electron chi connectivity index (χ4n) is 3.30. The largest absolute Gasteiger partial charge is 0.756 e. The summed E-state index contributed by atoms with van der Waals surface area (Å²) >= 11 is 0. The van der Waals surface area contributed by atoms with E-state index in [1.54, 1.807) is 0 Å². The average Bonchev–Trinajstić information content (AvgIpc) is 2.75. The quantitative estimate of drug-likeness (QED) is 0.0552. The molecule has 0 saturated heterocycles. The van der Waals surface area contributed by atoms with Crippen molar-refractivity contribution in [1.29, 1.82) is 0 Å². The molecule has 0 saturated carbocycles. The second kappa shape index (κ2) is 21.3. The number of carbonyl (C=O) groups excluding carboxylic acids is 1. The van der Waals surface area contributed by atoms with Crippen LogP contribution in [0.4, 0.5) is 0 Å². The Hall–Kier alpha value is -0.760. The van der Waals surface area contributed by atoms with Crippen LogP contribution in [0, 0.1) is 0 Å². The maximum Gasteiger partial charge on any atom is 0.303 e. The van der Waals surface area contributed by atoms with Crippen LogP contribution < -0.4 is 4.89 Å². The van der Waals surface area contributed by atoms with Gasteiger partial charge in [0, 0.05) is 13.5 Å². The summed E-state index contributed by atoms with van der Waals surface area (Å²) in [7, 11) is 1.34. The summed E-state index contributed by atoms with van der Waals surface area (Å²) in [4.78, 5) is 23.2. The van der Waals surface area contributed by atoms with E-state index in [0.717, 1.165) is 12.8 Å². The summed E-state index contributed by atoms with van der Waals surface area (Å²) in [6, 6.07) is 0. The van der Waals surface area contributed by atoms with Gasteiger partial charge in [-0.2, -0.15) is 0 Å². The maximum absolute atomic E-state index is 11.9. The highest BCUT2D eigenvalue weighted by Gasteiger charge is 2.19. The SMILES string of the molecule is CCCCCC/C=C/CCCCCCCCOCC(COP(=O)([O-])OCC[N+](C)(C)C)OC(C)=O. The van der Waals surface area contributed by atoms with Crippen molar-refractivity contribution in [3.63, 3.8) is 0 Å². The molecule has 0 bridgehead atoms. The second-order valence-corrected chi connectivity index (χ2v) is 11.5. The molecule has 0 aliphatic rings. The number of unbranched alkanes of at least 4 members (excludes halogenated alkanes) is 10. The molecule has 0 rings (SSSR count). The van der Waals surface area contributed by atoms with Crippen LogP contribution in [0.2, 0.25) is 0 Å². The lowest BCUT2D eigenvalue weighted by atomic mass is 10.1. The Morgan fingerprint density at radius 1 is 0.857 bits per heavy atom. The lowest BCUT2D eigenvalue weighted by Gasteiger charge is -2.28. The van der Waals surface area contributed by atoms with Gasteiger partial charge < -0.3 is 27.9 Å². The van der Waals surface area contributed by atoms with Crippen molar-refractivity contribution in [2.24, 2.45) is 0 Å². The first kappa shape index (κ1) is 34.2. The summed E-state index contributed by atoms with van der Waals surface area (Å²) in [6.07, 6.45) is 18.4. The summed E-state index contributed by atoms with van der Waals surface area (Å²) < 4.78 is 33.0. The van der Waals surface area contributed by atoms with Crippen LogP contribution in [-0.2, 0) is 27.9 Å². The molecule has 0 radical (unpaired) electrons. The van der Waals surface area contributed by atoms with Crippen LogP contribution in [-0.4, -0.2) is 70.7 Å². The number of likely N-dealkylation sites (N-methyl/N-ethyl adjacent to an activating group) is 1. The predicted octanol–water partition coefficient (Wildman–Crippen LogP) is 5.40. The van der Waals surface area contributed by atoms with Gasteiger partial charge in [-0.25, -0.2) is 0 Å². The zero-order valence-corrected chi connectivity index (χ0v) is 23.9. The molecule has 0 aliphatic carbocycles. The molecule has 0 fully saturated rings. The van der Waals surface area contributed by atoms with Gasteiger partial charge in [0.25, 0.3) is 7.82 Å². The molecular weight excluding hydrogens is 469 g/mol. The van der Waals surface area contributed by atoms with E-state index in [4.69, 9.17) is 18.5 Å². The molecule has 8 nitrogen and oxygen atoms in total. The van der Waals surface area contributed by atoms with Crippen molar-refractivity contribution in [3.8, 4) is 0 Å². The number of carbonyl (C=O) groups is 1. The van der Waals surface area contributed by atoms with Gasteiger partial charge in [-0.15, -0.1) is 0 Å². The Morgan fingerprint density at radius 3 is 2.00 bits per heavy atom. The number of allylic oxidation sites excluding steroid dienone is 2. The average molecular weight is 522 g/mol. The predicted molar refractivity (Wildman–Crippen MR) is 139 cm³/mol. The summed E-state index contributed by atoms with van der Waals surface area (Å²) in [5.41, 5.74) is 0. The molecule has 0 aromatic rings. The van der Waals surface area contributed by atoms with Crippen LogP contribution in [0.1, 0.15) is 90.9 Å². The van der Waals surface area contributed by atoms with E-state index >= 15 is 0 Å². The molecule has 0 aromatic heterocycles. The van der Waals surface area contributed by atoms with Crippen LogP contribution in [0.5, 0.6) is 0 Å². The van der Waals surface area contributed by atoms with Crippen LogP contribution >= 0.6 is 7.82 Å². The zero-order valence-electron chi connectivity index (χ0n) is 23.0. The molecule has 0 heterocycles. The van der Waals surface area contributed by atoms with Crippen molar-refractivity contribution < 1.29 is 37.3 Å². The Kier molecular flexibility index (Phi) is 20.9. The maximum atomic E-state index is 11.9. The van der Waals surface area contributed by atoms with Crippen molar-refractivity contribution in [1.82, 2.24) is 0 Å². The fraction of sp³-hybridized carbons (Fsp3) is 0.885. The van der Waals surface area contributed by atoms with Gasteiger partial charge in [0.1, 0.15) is 19.3 Å². The zero-order chi connectivity index (χ0) is 26.4. The van der Waals surface area contributed by atoms with E-state index in [-0.39, 0.29) is 19.8 Å². The third kappa shape index (κ3) is 26.1. The number of quaternary nitrogens is 1. The number of hydrogen-bond acceptors (Lipinski definition) is 7. The van der Waals surface area contributed by atoms with E-state index in [1.165, 1.54) is 71.1 Å². The minimum atomic E-state index is -4.46. The number of hydrogen-bond donors (Lipinski definition) is 0. The molecule has 35 heavy (non-hydrogen) atoms. The first-order chi connectivity index (χ1) is 16.6. The topological polar surface area (TPSA) is 94.1 Å². The summed E-state index contributed by atoms with van der Waals surface area (Å²) in [6.45, 7) is 4.35. The molecule has 0 aliphatic heterocycles. The second-order valence-electron chi connectivity index (χ2n) is 10.1. The van der Waals surface area contributed by atoms with Gasteiger partial charge in [-0.3, -0.25) is 9.36 Å². The van der Waals surface area contributed by atoms with E-state index in [0.29, 0.717) is 17.6 Å². The number of phosphoric ester groups is 1. The van der Waals surface area contributed by atoms with Crippen molar-refractivity contribution in [2.75, 3.05) is 54.1 Å². The lowest BCUT2D eigenvalue weighted by Crippen LogP contribution is -2.37. The summed E-state index contributed by atoms with van der Waals surface area (Å²) in [5.74, 6) is -0.514. The lowest BCUT2D eigenvalue weighted by molar-refractivity contribution is -0.870. The first-order valence-corrected chi connectivity index (χ1v) is 14.8. The summed E-state index contributed by atoms with van der Waals surface area (Å²) in [5, 5.41) is 0.